The van der Waals surface area contributed by atoms with Gasteiger partial charge in [0.1, 0.15) is 0 Å². The summed E-state index contributed by atoms with van der Waals surface area (Å²) in [7, 11) is 2.18. The van der Waals surface area contributed by atoms with E-state index in [0.717, 1.165) is 39.0 Å². The predicted molar refractivity (Wildman–Crippen MR) is 73.4 cm³/mol. The number of hydrogen-bond acceptors (Lipinski definition) is 3. The lowest BCUT2D eigenvalue weighted by atomic mass is 10.1. The largest absolute Gasteiger partial charge is 0.344 e. The molecule has 0 saturated heterocycles. The fourth-order valence-electron chi connectivity index (χ4n) is 2.93. The summed E-state index contributed by atoms with van der Waals surface area (Å²) >= 11 is 0. The molecule has 1 aliphatic rings. The van der Waals surface area contributed by atoms with Crippen molar-refractivity contribution in [3.63, 3.8) is 0 Å². The molecule has 0 unspecified atom stereocenters. The standard InChI is InChI=1S/C14H20N4/c1-17-8-4-14-12(10-17)11-9-16-6-3-13(11)18(14)7-2-5-15/h3,6,9H,2,4-5,7-8,10,15H2,1H3. The molecule has 18 heavy (non-hydrogen) atoms. The Morgan fingerprint density at radius 1 is 1.44 bits per heavy atom. The molecule has 0 amide bonds. The number of aromatic nitrogens is 2. The monoisotopic (exact) mass is 244 g/mol. The zero-order chi connectivity index (χ0) is 12.5. The molecule has 0 bridgehead atoms. The molecule has 0 atom stereocenters. The molecular formula is C14H20N4. The number of pyridine rings is 1. The molecule has 2 aromatic rings. The minimum absolute atomic E-state index is 0.749. The third-order valence-electron chi connectivity index (χ3n) is 3.83. The first kappa shape index (κ1) is 11.7. The maximum absolute atomic E-state index is 5.65. The first-order valence-electron chi connectivity index (χ1n) is 6.64. The maximum Gasteiger partial charge on any atom is 0.0516 e. The number of nitrogens with two attached hydrogens (primary N) is 1. The normalized spacial score (nSPS) is 16.1. The van der Waals surface area contributed by atoms with E-state index in [1.165, 1.54) is 22.2 Å². The van der Waals surface area contributed by atoms with E-state index < -0.39 is 0 Å². The summed E-state index contributed by atoms with van der Waals surface area (Å²) in [4.78, 5) is 6.66. The van der Waals surface area contributed by atoms with Crippen LogP contribution in [-0.2, 0) is 19.5 Å². The van der Waals surface area contributed by atoms with E-state index in [2.05, 4.69) is 27.6 Å². The lowest BCUT2D eigenvalue weighted by molar-refractivity contribution is 0.309. The van der Waals surface area contributed by atoms with Gasteiger partial charge in [0.2, 0.25) is 0 Å². The predicted octanol–water partition coefficient (Wildman–Crippen LogP) is 1.37. The van der Waals surface area contributed by atoms with Crippen molar-refractivity contribution < 1.29 is 0 Å². The molecule has 1 aliphatic heterocycles. The van der Waals surface area contributed by atoms with Crippen molar-refractivity contribution in [3.05, 3.63) is 29.7 Å². The van der Waals surface area contributed by atoms with Crippen LogP contribution in [-0.4, -0.2) is 34.6 Å². The number of hydrogen-bond donors (Lipinski definition) is 1. The molecule has 0 aromatic carbocycles. The van der Waals surface area contributed by atoms with Crippen LogP contribution < -0.4 is 5.73 Å². The van der Waals surface area contributed by atoms with Gasteiger partial charge in [-0.15, -0.1) is 0 Å². The van der Waals surface area contributed by atoms with Crippen LogP contribution >= 0.6 is 0 Å². The van der Waals surface area contributed by atoms with Crippen LogP contribution in [0.1, 0.15) is 17.7 Å². The van der Waals surface area contributed by atoms with Gasteiger partial charge >= 0.3 is 0 Å². The first-order valence-corrected chi connectivity index (χ1v) is 6.64. The summed E-state index contributed by atoms with van der Waals surface area (Å²) in [6.45, 7) is 3.95. The second-order valence-electron chi connectivity index (χ2n) is 5.10. The van der Waals surface area contributed by atoms with Gasteiger partial charge in [-0.2, -0.15) is 0 Å². The van der Waals surface area contributed by atoms with Crippen LogP contribution in [0.5, 0.6) is 0 Å². The lowest BCUT2D eigenvalue weighted by Crippen LogP contribution is -2.27. The average Bonchev–Trinajstić information content (AvgIpc) is 2.70. The molecule has 0 saturated carbocycles. The SMILES string of the molecule is CN1CCc2c(c3cnccc3n2CCCN)C1. The Bertz CT molecular complexity index is 558. The molecule has 96 valence electrons. The molecule has 0 aliphatic carbocycles. The van der Waals surface area contributed by atoms with Crippen LogP contribution in [0.15, 0.2) is 18.5 Å². The number of rotatable bonds is 3. The fourth-order valence-corrected chi connectivity index (χ4v) is 2.93. The summed E-state index contributed by atoms with van der Waals surface area (Å²) in [5.41, 5.74) is 9.92. The first-order chi connectivity index (χ1) is 8.81. The Morgan fingerprint density at radius 3 is 3.17 bits per heavy atom. The van der Waals surface area contributed by atoms with Crippen molar-refractivity contribution in [1.29, 1.82) is 0 Å². The highest BCUT2D eigenvalue weighted by Gasteiger charge is 2.21. The smallest absolute Gasteiger partial charge is 0.0516 e. The van der Waals surface area contributed by atoms with E-state index in [4.69, 9.17) is 5.73 Å². The van der Waals surface area contributed by atoms with Crippen molar-refractivity contribution >= 4 is 10.9 Å². The highest BCUT2D eigenvalue weighted by atomic mass is 15.1. The van der Waals surface area contributed by atoms with E-state index in [0.29, 0.717) is 0 Å². The zero-order valence-electron chi connectivity index (χ0n) is 10.9. The summed E-state index contributed by atoms with van der Waals surface area (Å²) in [6, 6.07) is 2.13. The lowest BCUT2D eigenvalue weighted by Gasteiger charge is -2.24. The Kier molecular flexibility index (Phi) is 3.06. The van der Waals surface area contributed by atoms with E-state index in [1.807, 2.05) is 12.4 Å². The molecular weight excluding hydrogens is 224 g/mol. The maximum atomic E-state index is 5.65. The molecule has 2 aromatic heterocycles. The van der Waals surface area contributed by atoms with Crippen LogP contribution in [0.3, 0.4) is 0 Å². The van der Waals surface area contributed by atoms with Gasteiger partial charge in [-0.1, -0.05) is 0 Å². The van der Waals surface area contributed by atoms with Gasteiger partial charge in [0.05, 0.1) is 5.52 Å². The molecule has 3 heterocycles. The number of fused-ring (bicyclic) bond motifs is 3. The molecule has 3 rings (SSSR count). The Labute approximate surface area is 107 Å². The second-order valence-corrected chi connectivity index (χ2v) is 5.10. The van der Waals surface area contributed by atoms with Crippen molar-refractivity contribution in [2.45, 2.75) is 25.9 Å². The molecule has 4 nitrogen and oxygen atoms in total. The van der Waals surface area contributed by atoms with Gasteiger partial charge in [-0.05, 0) is 31.6 Å². The summed E-state index contributed by atoms with van der Waals surface area (Å²) < 4.78 is 2.45. The third kappa shape index (κ3) is 1.82. The third-order valence-corrected chi connectivity index (χ3v) is 3.83. The molecule has 0 fully saturated rings. The van der Waals surface area contributed by atoms with Gasteiger partial charge in [-0.25, -0.2) is 0 Å². The van der Waals surface area contributed by atoms with Crippen molar-refractivity contribution in [3.8, 4) is 0 Å². The molecule has 0 radical (unpaired) electrons. The van der Waals surface area contributed by atoms with Crippen LogP contribution in [0.25, 0.3) is 10.9 Å². The Hall–Kier alpha value is -1.39. The molecule has 4 heteroatoms. The minimum Gasteiger partial charge on any atom is -0.344 e. The van der Waals surface area contributed by atoms with E-state index in [-0.39, 0.29) is 0 Å². The fraction of sp³-hybridized carbons (Fsp3) is 0.500. The average molecular weight is 244 g/mol. The highest BCUT2D eigenvalue weighted by molar-refractivity contribution is 5.84. The van der Waals surface area contributed by atoms with Gasteiger partial charge in [-0.3, -0.25) is 4.98 Å². The van der Waals surface area contributed by atoms with Gasteiger partial charge < -0.3 is 15.2 Å². The van der Waals surface area contributed by atoms with Crippen molar-refractivity contribution in [2.75, 3.05) is 20.1 Å². The van der Waals surface area contributed by atoms with Crippen molar-refractivity contribution in [2.24, 2.45) is 5.73 Å². The number of nitrogens with zero attached hydrogens (tertiary/aromatic N) is 3. The van der Waals surface area contributed by atoms with Gasteiger partial charge in [0, 0.05) is 49.5 Å². The van der Waals surface area contributed by atoms with Gasteiger partial charge in [0.15, 0.2) is 0 Å². The summed E-state index contributed by atoms with van der Waals surface area (Å²) in [6.07, 6.45) is 6.06. The number of aryl methyl sites for hydroxylation is 1. The van der Waals surface area contributed by atoms with E-state index in [1.54, 1.807) is 0 Å². The quantitative estimate of drug-likeness (QED) is 0.887. The number of likely N-dealkylation sites (N-methyl/N-ethyl adjacent to an activating group) is 1. The van der Waals surface area contributed by atoms with Crippen LogP contribution in [0.2, 0.25) is 0 Å². The Balaban J connectivity index is 2.15. The summed E-state index contributed by atoms with van der Waals surface area (Å²) in [5.74, 6) is 0. The van der Waals surface area contributed by atoms with Crippen LogP contribution in [0.4, 0.5) is 0 Å². The summed E-state index contributed by atoms with van der Waals surface area (Å²) in [5, 5.41) is 1.32. The van der Waals surface area contributed by atoms with Crippen molar-refractivity contribution in [1.82, 2.24) is 14.5 Å². The van der Waals surface area contributed by atoms with E-state index in [9.17, 15) is 0 Å². The second kappa shape index (κ2) is 4.71. The topological polar surface area (TPSA) is 47.1 Å². The highest BCUT2D eigenvalue weighted by Crippen LogP contribution is 2.29. The zero-order valence-corrected chi connectivity index (χ0v) is 10.9. The van der Waals surface area contributed by atoms with E-state index >= 15 is 0 Å². The minimum atomic E-state index is 0.749. The molecule has 2 N–H and O–H groups in total. The Morgan fingerprint density at radius 2 is 2.33 bits per heavy atom. The van der Waals surface area contributed by atoms with Crippen LogP contribution in [0, 0.1) is 0 Å². The molecule has 0 spiro atoms. The van der Waals surface area contributed by atoms with Gasteiger partial charge in [0.25, 0.3) is 0 Å².